The summed E-state index contributed by atoms with van der Waals surface area (Å²) in [5, 5.41) is 3.49. The van der Waals surface area contributed by atoms with Gasteiger partial charge >= 0.3 is 6.09 Å². The van der Waals surface area contributed by atoms with Gasteiger partial charge in [-0.25, -0.2) is 9.18 Å². The Labute approximate surface area is 172 Å². The molecule has 1 saturated heterocycles. The molecule has 4 nitrogen and oxygen atoms in total. The molecule has 0 aromatic heterocycles. The third-order valence-corrected chi connectivity index (χ3v) is 6.32. The summed E-state index contributed by atoms with van der Waals surface area (Å²) in [6.45, 7) is 2.97. The van der Waals surface area contributed by atoms with Crippen molar-refractivity contribution in [3.8, 4) is 0 Å². The number of hydrogen-bond donors (Lipinski definition) is 1. The monoisotopic (exact) mass is 396 g/mol. The van der Waals surface area contributed by atoms with Crippen molar-refractivity contribution < 1.29 is 13.9 Å². The number of benzene rings is 2. The molecule has 5 heteroatoms. The molecule has 29 heavy (non-hydrogen) atoms. The fourth-order valence-corrected chi connectivity index (χ4v) is 4.22. The summed E-state index contributed by atoms with van der Waals surface area (Å²) < 4.78 is 20.9. The maximum atomic E-state index is 15.5. The standard InChI is InChI=1S/C24H29FN2O2/c1-18(26-22-16-21(22)20-10-6-3-7-11-20)24(25)12-14-27(15-13-24)23(28)29-17-19-8-4-2-5-9-19/h2-11,18,21-22,26H,12-17H2,1H3. The van der Waals surface area contributed by atoms with Gasteiger partial charge in [0.15, 0.2) is 0 Å². The molecule has 3 unspecified atom stereocenters. The van der Waals surface area contributed by atoms with Crippen LogP contribution in [0.25, 0.3) is 0 Å². The molecule has 154 valence electrons. The Morgan fingerprint density at radius 2 is 1.76 bits per heavy atom. The topological polar surface area (TPSA) is 41.6 Å². The summed E-state index contributed by atoms with van der Waals surface area (Å²) >= 11 is 0. The molecule has 3 atom stereocenters. The van der Waals surface area contributed by atoms with Crippen LogP contribution in [0.15, 0.2) is 60.7 Å². The van der Waals surface area contributed by atoms with E-state index in [1.807, 2.05) is 43.3 Å². The fourth-order valence-electron chi connectivity index (χ4n) is 4.22. The van der Waals surface area contributed by atoms with Gasteiger partial charge < -0.3 is 15.0 Å². The number of ether oxygens (including phenoxy) is 1. The minimum absolute atomic E-state index is 0.233. The number of halogens is 1. The van der Waals surface area contributed by atoms with Gasteiger partial charge in [0.25, 0.3) is 0 Å². The van der Waals surface area contributed by atoms with Crippen molar-refractivity contribution in [1.29, 1.82) is 0 Å². The first-order valence-corrected chi connectivity index (χ1v) is 10.5. The van der Waals surface area contributed by atoms with E-state index in [0.29, 0.717) is 37.9 Å². The number of nitrogens with zero attached hydrogens (tertiary/aromatic N) is 1. The molecule has 2 fully saturated rings. The normalized spacial score (nSPS) is 24.0. The van der Waals surface area contributed by atoms with E-state index in [0.717, 1.165) is 12.0 Å². The van der Waals surface area contributed by atoms with Gasteiger partial charge in [-0.05, 0) is 24.5 Å². The molecule has 1 N–H and O–H groups in total. The van der Waals surface area contributed by atoms with Crippen LogP contribution in [-0.4, -0.2) is 41.8 Å². The molecule has 1 amide bonds. The second-order valence-electron chi connectivity index (χ2n) is 8.31. The number of alkyl halides is 1. The Bertz CT molecular complexity index is 806. The molecule has 4 rings (SSSR count). The van der Waals surface area contributed by atoms with E-state index in [4.69, 9.17) is 4.74 Å². The highest BCUT2D eigenvalue weighted by Gasteiger charge is 2.46. The minimum Gasteiger partial charge on any atom is -0.445 e. The largest absolute Gasteiger partial charge is 0.445 e. The number of hydrogen-bond acceptors (Lipinski definition) is 3. The highest BCUT2D eigenvalue weighted by molar-refractivity contribution is 5.67. The smallest absolute Gasteiger partial charge is 0.410 e. The molecular weight excluding hydrogens is 367 g/mol. The number of piperidine rings is 1. The zero-order valence-electron chi connectivity index (χ0n) is 16.9. The van der Waals surface area contributed by atoms with Crippen molar-refractivity contribution in [2.75, 3.05) is 13.1 Å². The molecule has 2 aromatic rings. The molecule has 1 saturated carbocycles. The zero-order valence-corrected chi connectivity index (χ0v) is 16.9. The molecule has 0 radical (unpaired) electrons. The van der Waals surface area contributed by atoms with Crippen molar-refractivity contribution in [2.45, 2.75) is 56.5 Å². The highest BCUT2D eigenvalue weighted by Crippen LogP contribution is 2.42. The van der Waals surface area contributed by atoms with Gasteiger partial charge in [0.1, 0.15) is 12.3 Å². The van der Waals surface area contributed by atoms with Crippen molar-refractivity contribution >= 4 is 6.09 Å². The number of carbonyl (C=O) groups is 1. The van der Waals surface area contributed by atoms with Gasteiger partial charge in [0.2, 0.25) is 0 Å². The highest BCUT2D eigenvalue weighted by atomic mass is 19.1. The van der Waals surface area contributed by atoms with E-state index in [-0.39, 0.29) is 18.7 Å². The molecule has 2 aromatic carbocycles. The average Bonchev–Trinajstić information content (AvgIpc) is 3.53. The van der Waals surface area contributed by atoms with Crippen LogP contribution in [0.3, 0.4) is 0 Å². The Hall–Kier alpha value is -2.40. The summed E-state index contributed by atoms with van der Waals surface area (Å²) in [5.41, 5.74) is 0.981. The molecule has 0 spiro atoms. The van der Waals surface area contributed by atoms with Gasteiger partial charge in [-0.3, -0.25) is 0 Å². The molecule has 1 aliphatic carbocycles. The number of nitrogens with one attached hydrogen (secondary N) is 1. The molecule has 2 aliphatic rings. The lowest BCUT2D eigenvalue weighted by molar-refractivity contribution is 0.0213. The molecular formula is C24H29FN2O2. The summed E-state index contributed by atoms with van der Waals surface area (Å²) in [4.78, 5) is 13.9. The first-order chi connectivity index (χ1) is 14.0. The Morgan fingerprint density at radius 3 is 2.41 bits per heavy atom. The zero-order chi connectivity index (χ0) is 20.3. The Kier molecular flexibility index (Phi) is 5.86. The third kappa shape index (κ3) is 4.78. The van der Waals surface area contributed by atoms with E-state index >= 15 is 4.39 Å². The predicted octanol–water partition coefficient (Wildman–Crippen LogP) is 4.66. The molecule has 0 bridgehead atoms. The van der Waals surface area contributed by atoms with Gasteiger partial charge in [-0.1, -0.05) is 60.7 Å². The van der Waals surface area contributed by atoms with Crippen LogP contribution in [0.2, 0.25) is 0 Å². The van der Waals surface area contributed by atoms with Crippen molar-refractivity contribution in [1.82, 2.24) is 10.2 Å². The van der Waals surface area contributed by atoms with Crippen LogP contribution < -0.4 is 5.32 Å². The number of amides is 1. The van der Waals surface area contributed by atoms with Crippen LogP contribution in [0.5, 0.6) is 0 Å². The van der Waals surface area contributed by atoms with Gasteiger partial charge in [0.05, 0.1) is 0 Å². The first kappa shape index (κ1) is 19.9. The van der Waals surface area contributed by atoms with Gasteiger partial charge in [0, 0.05) is 43.9 Å². The van der Waals surface area contributed by atoms with Crippen LogP contribution >= 0.6 is 0 Å². The van der Waals surface area contributed by atoms with Crippen LogP contribution in [0.1, 0.15) is 43.2 Å². The quantitative estimate of drug-likeness (QED) is 0.772. The van der Waals surface area contributed by atoms with E-state index in [9.17, 15) is 4.79 Å². The van der Waals surface area contributed by atoms with E-state index in [1.54, 1.807) is 4.90 Å². The maximum absolute atomic E-state index is 15.5. The summed E-state index contributed by atoms with van der Waals surface area (Å²) in [6.07, 6.45) is 1.37. The fraction of sp³-hybridized carbons (Fsp3) is 0.458. The minimum atomic E-state index is -1.29. The van der Waals surface area contributed by atoms with E-state index < -0.39 is 5.67 Å². The van der Waals surface area contributed by atoms with Crippen LogP contribution in [-0.2, 0) is 11.3 Å². The predicted molar refractivity (Wildman–Crippen MR) is 111 cm³/mol. The first-order valence-electron chi connectivity index (χ1n) is 10.5. The molecule has 1 aliphatic heterocycles. The van der Waals surface area contributed by atoms with Crippen molar-refractivity contribution in [3.63, 3.8) is 0 Å². The second-order valence-corrected chi connectivity index (χ2v) is 8.31. The van der Waals surface area contributed by atoms with Crippen molar-refractivity contribution in [2.24, 2.45) is 0 Å². The van der Waals surface area contributed by atoms with E-state index in [2.05, 4.69) is 29.6 Å². The van der Waals surface area contributed by atoms with Crippen molar-refractivity contribution in [3.05, 3.63) is 71.8 Å². The lowest BCUT2D eigenvalue weighted by Gasteiger charge is -2.39. The maximum Gasteiger partial charge on any atom is 0.410 e. The average molecular weight is 397 g/mol. The van der Waals surface area contributed by atoms with Gasteiger partial charge in [-0.2, -0.15) is 0 Å². The summed E-state index contributed by atoms with van der Waals surface area (Å²) in [6, 6.07) is 20.1. The van der Waals surface area contributed by atoms with Crippen LogP contribution in [0, 0.1) is 0 Å². The van der Waals surface area contributed by atoms with Crippen LogP contribution in [0.4, 0.5) is 9.18 Å². The molecule has 1 heterocycles. The lowest BCUT2D eigenvalue weighted by atomic mass is 9.87. The Balaban J connectivity index is 1.23. The third-order valence-electron chi connectivity index (χ3n) is 6.32. The lowest BCUT2D eigenvalue weighted by Crippen LogP contribution is -2.54. The summed E-state index contributed by atoms with van der Waals surface area (Å²) in [7, 11) is 0. The van der Waals surface area contributed by atoms with E-state index in [1.165, 1.54) is 5.56 Å². The number of rotatable bonds is 6. The number of carbonyl (C=O) groups excluding carboxylic acids is 1. The SMILES string of the molecule is CC(NC1CC1c1ccccc1)C1(F)CCN(C(=O)OCc2ccccc2)CC1. The number of likely N-dealkylation sites (tertiary alicyclic amines) is 1. The summed E-state index contributed by atoms with van der Waals surface area (Å²) in [5.74, 6) is 0.482. The second kappa shape index (κ2) is 8.54. The van der Waals surface area contributed by atoms with Gasteiger partial charge in [-0.15, -0.1) is 0 Å². The Morgan fingerprint density at radius 1 is 1.14 bits per heavy atom.